The second kappa shape index (κ2) is 8.33. The molecule has 6 nitrogen and oxygen atoms in total. The number of hydrogen-bond acceptors (Lipinski definition) is 6. The van der Waals surface area contributed by atoms with Crippen LogP contribution in [0.3, 0.4) is 0 Å². The Labute approximate surface area is 163 Å². The third kappa shape index (κ3) is 5.24. The predicted octanol–water partition coefficient (Wildman–Crippen LogP) is 3.30. The van der Waals surface area contributed by atoms with Gasteiger partial charge in [0.2, 0.25) is 0 Å². The Hall–Kier alpha value is -2.03. The van der Waals surface area contributed by atoms with E-state index in [4.69, 9.17) is 4.74 Å². The van der Waals surface area contributed by atoms with Crippen molar-refractivity contribution in [1.29, 1.82) is 0 Å². The molecule has 1 aliphatic heterocycles. The first-order valence-electron chi connectivity index (χ1n) is 8.67. The molecule has 1 amide bonds. The second-order valence-electron chi connectivity index (χ2n) is 6.56. The number of carbonyl (C=O) groups excluding carboxylic acids is 1. The molecule has 1 fully saturated rings. The van der Waals surface area contributed by atoms with Crippen molar-refractivity contribution in [3.8, 4) is 0 Å². The number of aryl methyl sites for hydroxylation is 1. The molecule has 2 aromatic rings. The van der Waals surface area contributed by atoms with Gasteiger partial charge in [-0.05, 0) is 43.4 Å². The Balaban J connectivity index is 1.91. The van der Waals surface area contributed by atoms with Crippen molar-refractivity contribution >= 4 is 37.8 Å². The van der Waals surface area contributed by atoms with Crippen LogP contribution in [-0.2, 0) is 19.4 Å². The monoisotopic (exact) mass is 406 g/mol. The number of nitrogens with one attached hydrogen (secondary N) is 1. The number of aromatic nitrogens is 1. The summed E-state index contributed by atoms with van der Waals surface area (Å²) in [4.78, 5) is 18.3. The zero-order valence-corrected chi connectivity index (χ0v) is 16.9. The number of hydrogen-bond donors (Lipinski definition) is 1. The lowest BCUT2D eigenvalue weighted by atomic mass is 9.94. The van der Waals surface area contributed by atoms with E-state index in [9.17, 15) is 13.2 Å². The first kappa shape index (κ1) is 19.7. The van der Waals surface area contributed by atoms with Gasteiger partial charge in [-0.15, -0.1) is 11.3 Å². The van der Waals surface area contributed by atoms with Crippen LogP contribution in [0.5, 0.6) is 0 Å². The van der Waals surface area contributed by atoms with E-state index < -0.39 is 9.84 Å². The summed E-state index contributed by atoms with van der Waals surface area (Å²) < 4.78 is 28.8. The summed E-state index contributed by atoms with van der Waals surface area (Å²) in [5, 5.41) is 3.39. The highest BCUT2D eigenvalue weighted by Crippen LogP contribution is 2.26. The molecule has 1 N–H and O–H groups in total. The lowest BCUT2D eigenvalue weighted by Crippen LogP contribution is -2.18. The lowest BCUT2D eigenvalue weighted by molar-refractivity contribution is -0.111. The molecule has 0 spiro atoms. The largest absolute Gasteiger partial charge is 0.381 e. The Morgan fingerprint density at radius 1 is 1.26 bits per heavy atom. The molecule has 1 aliphatic rings. The van der Waals surface area contributed by atoms with Gasteiger partial charge in [-0.1, -0.05) is 18.2 Å². The summed E-state index contributed by atoms with van der Waals surface area (Å²) in [7, 11) is -3.28. The number of benzene rings is 1. The van der Waals surface area contributed by atoms with Crippen LogP contribution in [0.1, 0.15) is 23.3 Å². The summed E-state index contributed by atoms with van der Waals surface area (Å²) in [6.45, 7) is 3.28. The molecule has 144 valence electrons. The molecule has 0 atom stereocenters. The maximum Gasteiger partial charge on any atom is 0.257 e. The standard InChI is InChI=1S/C19H22N2O4S2/c1-13-12-20-19(26-13)21-18(22)17(11-14-7-9-25-10-8-14)15-3-5-16(6-4-15)27(2,23)24/h3-6,11-12,14H,7-10H2,1-2H3,(H,20,21,22)/b17-11+. The number of ether oxygens (including phenoxy) is 1. The summed E-state index contributed by atoms with van der Waals surface area (Å²) in [6, 6.07) is 6.41. The minimum atomic E-state index is -3.28. The number of nitrogens with zero attached hydrogens (tertiary/aromatic N) is 1. The van der Waals surface area contributed by atoms with E-state index in [2.05, 4.69) is 10.3 Å². The fourth-order valence-electron chi connectivity index (χ4n) is 2.88. The van der Waals surface area contributed by atoms with Gasteiger partial charge in [0.1, 0.15) is 0 Å². The highest BCUT2D eigenvalue weighted by Gasteiger charge is 2.19. The van der Waals surface area contributed by atoms with Crippen LogP contribution in [-0.4, -0.2) is 38.8 Å². The van der Waals surface area contributed by atoms with Gasteiger partial charge in [0, 0.05) is 36.1 Å². The predicted molar refractivity (Wildman–Crippen MR) is 107 cm³/mol. The quantitative estimate of drug-likeness (QED) is 0.770. The Morgan fingerprint density at radius 3 is 2.48 bits per heavy atom. The van der Waals surface area contributed by atoms with Gasteiger partial charge in [0.25, 0.3) is 5.91 Å². The molecule has 0 saturated carbocycles. The van der Waals surface area contributed by atoms with E-state index in [0.717, 1.165) is 24.0 Å². The van der Waals surface area contributed by atoms with Crippen molar-refractivity contribution in [1.82, 2.24) is 4.98 Å². The van der Waals surface area contributed by atoms with E-state index in [1.165, 1.54) is 23.5 Å². The highest BCUT2D eigenvalue weighted by molar-refractivity contribution is 7.90. The number of amides is 1. The zero-order chi connectivity index (χ0) is 19.4. The van der Waals surface area contributed by atoms with Crippen LogP contribution in [0.25, 0.3) is 5.57 Å². The SMILES string of the molecule is Cc1cnc(NC(=O)/C(=C/C2CCOCC2)c2ccc(S(C)(=O)=O)cc2)s1. The molecule has 0 unspecified atom stereocenters. The van der Waals surface area contributed by atoms with Crippen LogP contribution in [0.15, 0.2) is 41.4 Å². The summed E-state index contributed by atoms with van der Waals surface area (Å²) in [5.41, 5.74) is 1.20. The molecule has 0 bridgehead atoms. The number of sulfone groups is 1. The second-order valence-corrected chi connectivity index (χ2v) is 9.81. The normalized spacial score (nSPS) is 16.3. The highest BCUT2D eigenvalue weighted by atomic mass is 32.2. The Morgan fingerprint density at radius 2 is 1.93 bits per heavy atom. The number of allylic oxidation sites excluding steroid dienone is 1. The fraction of sp³-hybridized carbons (Fsp3) is 0.368. The van der Waals surface area contributed by atoms with Crippen LogP contribution in [0.4, 0.5) is 5.13 Å². The average molecular weight is 407 g/mol. The summed E-state index contributed by atoms with van der Waals surface area (Å²) in [6.07, 6.45) is 6.55. The molecular formula is C19H22N2O4S2. The van der Waals surface area contributed by atoms with Gasteiger partial charge >= 0.3 is 0 Å². The maximum absolute atomic E-state index is 12.9. The van der Waals surface area contributed by atoms with Crippen LogP contribution < -0.4 is 5.32 Å². The topological polar surface area (TPSA) is 85.4 Å². The molecule has 1 aromatic carbocycles. The van der Waals surface area contributed by atoms with Crippen molar-refractivity contribution in [3.05, 3.63) is 47.0 Å². The average Bonchev–Trinajstić information content (AvgIpc) is 3.04. The zero-order valence-electron chi connectivity index (χ0n) is 15.3. The maximum atomic E-state index is 12.9. The number of rotatable bonds is 5. The molecule has 2 heterocycles. The van der Waals surface area contributed by atoms with Crippen molar-refractivity contribution in [2.45, 2.75) is 24.7 Å². The molecule has 0 aliphatic carbocycles. The van der Waals surface area contributed by atoms with Gasteiger partial charge in [0.05, 0.1) is 4.90 Å². The molecule has 1 aromatic heterocycles. The first-order valence-corrected chi connectivity index (χ1v) is 11.4. The smallest absolute Gasteiger partial charge is 0.257 e. The molecule has 0 radical (unpaired) electrons. The van der Waals surface area contributed by atoms with E-state index in [-0.39, 0.29) is 16.7 Å². The fourth-order valence-corrected chi connectivity index (χ4v) is 4.17. The molecule has 1 saturated heterocycles. The number of thiazole rings is 1. The minimum Gasteiger partial charge on any atom is -0.381 e. The van der Waals surface area contributed by atoms with Gasteiger partial charge < -0.3 is 4.74 Å². The Bertz CT molecular complexity index is 940. The van der Waals surface area contributed by atoms with Crippen molar-refractivity contribution in [2.24, 2.45) is 5.92 Å². The van der Waals surface area contributed by atoms with Gasteiger partial charge in [-0.2, -0.15) is 0 Å². The molecule has 3 rings (SSSR count). The van der Waals surface area contributed by atoms with E-state index in [0.29, 0.717) is 29.5 Å². The lowest BCUT2D eigenvalue weighted by Gasteiger charge is -2.20. The van der Waals surface area contributed by atoms with Gasteiger partial charge in [0.15, 0.2) is 15.0 Å². The number of anilines is 1. The van der Waals surface area contributed by atoms with Gasteiger partial charge in [-0.25, -0.2) is 13.4 Å². The van der Waals surface area contributed by atoms with Crippen molar-refractivity contribution < 1.29 is 17.9 Å². The number of carbonyl (C=O) groups is 1. The van der Waals surface area contributed by atoms with Crippen LogP contribution in [0, 0.1) is 12.8 Å². The van der Waals surface area contributed by atoms with E-state index in [1.54, 1.807) is 18.3 Å². The van der Waals surface area contributed by atoms with Gasteiger partial charge in [-0.3, -0.25) is 10.1 Å². The molecular weight excluding hydrogens is 384 g/mol. The third-order valence-corrected chi connectivity index (χ3v) is 6.30. The third-order valence-electron chi connectivity index (χ3n) is 4.35. The van der Waals surface area contributed by atoms with E-state index in [1.807, 2.05) is 13.0 Å². The van der Waals surface area contributed by atoms with E-state index >= 15 is 0 Å². The summed E-state index contributed by atoms with van der Waals surface area (Å²) in [5.74, 6) is -0.00457. The van der Waals surface area contributed by atoms with Crippen molar-refractivity contribution in [3.63, 3.8) is 0 Å². The molecule has 8 heteroatoms. The van der Waals surface area contributed by atoms with Crippen molar-refractivity contribution in [2.75, 3.05) is 24.8 Å². The van der Waals surface area contributed by atoms with Crippen LogP contribution >= 0.6 is 11.3 Å². The Kier molecular flexibility index (Phi) is 6.08. The summed E-state index contributed by atoms with van der Waals surface area (Å²) >= 11 is 1.41. The van der Waals surface area contributed by atoms with Crippen LogP contribution in [0.2, 0.25) is 0 Å². The minimum absolute atomic E-state index is 0.229. The molecule has 27 heavy (non-hydrogen) atoms. The first-order chi connectivity index (χ1) is 12.8.